The zero-order valence-corrected chi connectivity index (χ0v) is 16.5. The van der Waals surface area contributed by atoms with E-state index in [-0.39, 0.29) is 0 Å². The number of para-hydroxylation sites is 2. The first-order chi connectivity index (χ1) is 13.7. The van der Waals surface area contributed by atoms with Crippen LogP contribution < -0.4 is 25.4 Å². The number of nitrogens with zero attached hydrogens (tertiary/aromatic N) is 2. The number of nitrogen functional groups attached to an aromatic ring is 1. The first kappa shape index (κ1) is 19.5. The molecule has 146 valence electrons. The van der Waals surface area contributed by atoms with E-state index in [0.717, 1.165) is 16.9 Å². The van der Waals surface area contributed by atoms with E-state index >= 15 is 0 Å². The van der Waals surface area contributed by atoms with E-state index in [0.29, 0.717) is 35.7 Å². The molecule has 0 bridgehead atoms. The minimum atomic E-state index is 0.339. The number of anilines is 2. The largest absolute Gasteiger partial charge is 0.496 e. The van der Waals surface area contributed by atoms with Crippen LogP contribution >= 0.6 is 11.3 Å². The quantitative estimate of drug-likeness (QED) is 0.415. The van der Waals surface area contributed by atoms with E-state index in [2.05, 4.69) is 15.5 Å². The SMILES string of the molecule is CCOc1ccccc1OCc1cc(C=NNc2nc(N)cs2)ccc1OC. The Kier molecular flexibility index (Phi) is 6.69. The Hall–Kier alpha value is -3.26. The molecule has 0 saturated carbocycles. The van der Waals surface area contributed by atoms with E-state index in [1.54, 1.807) is 18.7 Å². The molecule has 0 atom stereocenters. The number of hydrogen-bond acceptors (Lipinski definition) is 8. The summed E-state index contributed by atoms with van der Waals surface area (Å²) in [5, 5.41) is 6.58. The van der Waals surface area contributed by atoms with E-state index in [1.165, 1.54) is 11.3 Å². The van der Waals surface area contributed by atoms with Crippen LogP contribution in [0.15, 0.2) is 52.9 Å². The third-order valence-corrected chi connectivity index (χ3v) is 4.50. The van der Waals surface area contributed by atoms with Gasteiger partial charge in [-0.3, -0.25) is 5.43 Å². The molecule has 0 saturated heterocycles. The van der Waals surface area contributed by atoms with Gasteiger partial charge in [-0.1, -0.05) is 12.1 Å². The summed E-state index contributed by atoms with van der Waals surface area (Å²) in [5.74, 6) is 2.62. The summed E-state index contributed by atoms with van der Waals surface area (Å²) in [7, 11) is 1.63. The minimum Gasteiger partial charge on any atom is -0.496 e. The summed E-state index contributed by atoms with van der Waals surface area (Å²) in [6.45, 7) is 2.86. The smallest absolute Gasteiger partial charge is 0.205 e. The number of rotatable bonds is 9. The lowest BCUT2D eigenvalue weighted by molar-refractivity contribution is 0.265. The van der Waals surface area contributed by atoms with Crippen molar-refractivity contribution in [1.29, 1.82) is 0 Å². The number of methoxy groups -OCH3 is 1. The maximum Gasteiger partial charge on any atom is 0.205 e. The van der Waals surface area contributed by atoms with Gasteiger partial charge in [-0.05, 0) is 42.8 Å². The van der Waals surface area contributed by atoms with E-state index in [4.69, 9.17) is 19.9 Å². The Morgan fingerprint density at radius 3 is 2.61 bits per heavy atom. The van der Waals surface area contributed by atoms with Crippen molar-refractivity contribution in [3.8, 4) is 17.2 Å². The predicted molar refractivity (Wildman–Crippen MR) is 113 cm³/mol. The van der Waals surface area contributed by atoms with Crippen LogP contribution in [-0.4, -0.2) is 24.9 Å². The summed E-state index contributed by atoms with van der Waals surface area (Å²) in [4.78, 5) is 4.09. The van der Waals surface area contributed by atoms with Crippen molar-refractivity contribution >= 4 is 28.5 Å². The Morgan fingerprint density at radius 2 is 1.93 bits per heavy atom. The lowest BCUT2D eigenvalue weighted by Crippen LogP contribution is -2.02. The first-order valence-corrected chi connectivity index (χ1v) is 9.59. The van der Waals surface area contributed by atoms with Gasteiger partial charge in [0.25, 0.3) is 0 Å². The fourth-order valence-corrected chi connectivity index (χ4v) is 3.04. The van der Waals surface area contributed by atoms with Crippen molar-refractivity contribution < 1.29 is 14.2 Å². The summed E-state index contributed by atoms with van der Waals surface area (Å²) < 4.78 is 17.0. The van der Waals surface area contributed by atoms with Crippen molar-refractivity contribution in [3.05, 3.63) is 59.0 Å². The molecule has 28 heavy (non-hydrogen) atoms. The van der Waals surface area contributed by atoms with Crippen LogP contribution in [0.3, 0.4) is 0 Å². The van der Waals surface area contributed by atoms with Gasteiger partial charge in [0.05, 0.1) is 19.9 Å². The third kappa shape index (κ3) is 5.14. The number of aromatic nitrogens is 1. The van der Waals surface area contributed by atoms with Gasteiger partial charge in [-0.25, -0.2) is 4.98 Å². The first-order valence-electron chi connectivity index (χ1n) is 8.71. The Morgan fingerprint density at radius 1 is 1.14 bits per heavy atom. The average Bonchev–Trinajstić information content (AvgIpc) is 3.13. The van der Waals surface area contributed by atoms with Crippen LogP contribution in [0, 0.1) is 0 Å². The minimum absolute atomic E-state index is 0.339. The van der Waals surface area contributed by atoms with Gasteiger partial charge in [0.15, 0.2) is 11.5 Å². The van der Waals surface area contributed by atoms with Crippen LogP contribution in [0.1, 0.15) is 18.1 Å². The second kappa shape index (κ2) is 9.61. The van der Waals surface area contributed by atoms with Crippen LogP contribution in [0.25, 0.3) is 0 Å². The Labute approximate surface area is 167 Å². The second-order valence-electron chi connectivity index (χ2n) is 5.69. The van der Waals surface area contributed by atoms with Crippen LogP contribution in [0.4, 0.5) is 10.9 Å². The van der Waals surface area contributed by atoms with E-state index in [1.807, 2.05) is 49.4 Å². The number of hydrazone groups is 1. The van der Waals surface area contributed by atoms with E-state index < -0.39 is 0 Å². The topological polar surface area (TPSA) is 91.0 Å². The zero-order chi connectivity index (χ0) is 19.8. The standard InChI is InChI=1S/C20H22N4O3S/c1-3-26-17-6-4-5-7-18(17)27-12-15-10-14(8-9-16(15)25-2)11-22-24-20-23-19(21)13-28-20/h4-11,13H,3,12,21H2,1-2H3,(H,23,24). The molecule has 8 heteroatoms. The second-order valence-corrected chi connectivity index (χ2v) is 6.55. The predicted octanol–water partition coefficient (Wildman–Crippen LogP) is 4.16. The molecule has 1 aromatic heterocycles. The molecular weight excluding hydrogens is 376 g/mol. The highest BCUT2D eigenvalue weighted by Gasteiger charge is 2.08. The Balaban J connectivity index is 1.70. The highest BCUT2D eigenvalue weighted by molar-refractivity contribution is 7.14. The molecule has 0 aliphatic carbocycles. The Bertz CT molecular complexity index is 943. The molecule has 7 nitrogen and oxygen atoms in total. The number of nitrogens with two attached hydrogens (primary N) is 1. The molecule has 0 aliphatic heterocycles. The highest BCUT2D eigenvalue weighted by atomic mass is 32.1. The fraction of sp³-hybridized carbons (Fsp3) is 0.200. The van der Waals surface area contributed by atoms with Crippen molar-refractivity contribution in [1.82, 2.24) is 4.98 Å². The number of benzene rings is 2. The number of ether oxygens (including phenoxy) is 3. The molecule has 2 aromatic carbocycles. The van der Waals surface area contributed by atoms with Crippen molar-refractivity contribution in [2.45, 2.75) is 13.5 Å². The van der Waals surface area contributed by atoms with Gasteiger partial charge >= 0.3 is 0 Å². The van der Waals surface area contributed by atoms with Crippen molar-refractivity contribution in [2.75, 3.05) is 24.9 Å². The lowest BCUT2D eigenvalue weighted by Gasteiger charge is -2.14. The normalized spacial score (nSPS) is 10.8. The summed E-state index contributed by atoms with van der Waals surface area (Å²) in [6, 6.07) is 13.4. The number of thiazole rings is 1. The molecule has 3 aromatic rings. The lowest BCUT2D eigenvalue weighted by atomic mass is 10.1. The van der Waals surface area contributed by atoms with Gasteiger partial charge in [-0.2, -0.15) is 5.10 Å². The van der Waals surface area contributed by atoms with Crippen molar-refractivity contribution in [2.24, 2.45) is 5.10 Å². The van der Waals surface area contributed by atoms with E-state index in [9.17, 15) is 0 Å². The molecular formula is C20H22N4O3S. The molecule has 0 radical (unpaired) electrons. The van der Waals surface area contributed by atoms with Gasteiger partial charge in [-0.15, -0.1) is 11.3 Å². The molecule has 3 rings (SSSR count). The molecule has 0 fully saturated rings. The molecule has 0 aliphatic rings. The van der Waals surface area contributed by atoms with Crippen LogP contribution in [0.5, 0.6) is 17.2 Å². The molecule has 0 unspecified atom stereocenters. The van der Waals surface area contributed by atoms with Gasteiger partial charge < -0.3 is 19.9 Å². The third-order valence-electron chi connectivity index (χ3n) is 3.73. The highest BCUT2D eigenvalue weighted by Crippen LogP contribution is 2.29. The molecule has 0 amide bonds. The number of hydrogen-bond donors (Lipinski definition) is 2. The van der Waals surface area contributed by atoms with Crippen LogP contribution in [0.2, 0.25) is 0 Å². The molecule has 3 N–H and O–H groups in total. The van der Waals surface area contributed by atoms with Gasteiger partial charge in [0.1, 0.15) is 18.2 Å². The summed E-state index contributed by atoms with van der Waals surface area (Å²) in [5.41, 5.74) is 10.3. The van der Waals surface area contributed by atoms with Gasteiger partial charge in [0.2, 0.25) is 5.13 Å². The zero-order valence-electron chi connectivity index (χ0n) is 15.7. The van der Waals surface area contributed by atoms with Crippen LogP contribution in [-0.2, 0) is 6.61 Å². The monoisotopic (exact) mass is 398 g/mol. The maximum atomic E-state index is 5.96. The average molecular weight is 398 g/mol. The van der Waals surface area contributed by atoms with Gasteiger partial charge in [0, 0.05) is 10.9 Å². The molecule has 1 heterocycles. The maximum absolute atomic E-state index is 5.96. The summed E-state index contributed by atoms with van der Waals surface area (Å²) >= 11 is 1.39. The summed E-state index contributed by atoms with van der Waals surface area (Å²) in [6.07, 6.45) is 1.70. The fourth-order valence-electron chi connectivity index (χ4n) is 2.49. The number of nitrogens with one attached hydrogen (secondary N) is 1. The van der Waals surface area contributed by atoms with Crippen molar-refractivity contribution in [3.63, 3.8) is 0 Å². The molecule has 0 spiro atoms.